The molecule has 1 aromatic heterocycles. The van der Waals surface area contributed by atoms with Crippen LogP contribution in [0.2, 0.25) is 0 Å². The van der Waals surface area contributed by atoms with Crippen molar-refractivity contribution in [1.29, 1.82) is 0 Å². The normalized spacial score (nSPS) is 12.4. The van der Waals surface area contributed by atoms with Crippen LogP contribution in [-0.2, 0) is 0 Å². The Bertz CT molecular complexity index is 260. The Morgan fingerprint density at radius 1 is 1.57 bits per heavy atom. The van der Waals surface area contributed by atoms with Gasteiger partial charge in [0.05, 0.1) is 6.20 Å². The van der Waals surface area contributed by atoms with E-state index in [-0.39, 0.29) is 6.04 Å². The zero-order chi connectivity index (χ0) is 10.2. The topological polar surface area (TPSA) is 63.8 Å². The van der Waals surface area contributed by atoms with Crippen LogP contribution in [0, 0.1) is 0 Å². The molecule has 4 heteroatoms. The van der Waals surface area contributed by atoms with Crippen LogP contribution in [0.5, 0.6) is 0 Å². The van der Waals surface area contributed by atoms with Gasteiger partial charge in [0.2, 0.25) is 0 Å². The lowest BCUT2D eigenvalue weighted by Gasteiger charge is -2.14. The van der Waals surface area contributed by atoms with Gasteiger partial charge in [-0.3, -0.25) is 11.3 Å². The molecule has 0 aromatic carbocycles. The molecule has 0 aliphatic heterocycles. The predicted octanol–water partition coefficient (Wildman–Crippen LogP) is 1.34. The summed E-state index contributed by atoms with van der Waals surface area (Å²) in [6, 6.07) is 2.08. The number of aromatic nitrogens is 2. The minimum absolute atomic E-state index is 0.158. The van der Waals surface area contributed by atoms with Gasteiger partial charge >= 0.3 is 0 Å². The number of nitrogens with zero attached hydrogens (tertiary/aromatic N) is 2. The molecule has 0 saturated heterocycles. The number of rotatable bonds is 6. The van der Waals surface area contributed by atoms with Gasteiger partial charge in [-0.15, -0.1) is 6.58 Å². The highest BCUT2D eigenvalue weighted by atomic mass is 15.2. The zero-order valence-electron chi connectivity index (χ0n) is 8.19. The zero-order valence-corrected chi connectivity index (χ0v) is 8.19. The van der Waals surface area contributed by atoms with Crippen molar-refractivity contribution in [3.8, 4) is 0 Å². The van der Waals surface area contributed by atoms with Crippen molar-refractivity contribution in [2.45, 2.75) is 25.3 Å². The molecule has 0 radical (unpaired) electrons. The SMILES string of the molecule is C=CCCCC(NN)c1ccnnc1. The molecule has 76 valence electrons. The van der Waals surface area contributed by atoms with Crippen LogP contribution in [0.25, 0.3) is 0 Å². The van der Waals surface area contributed by atoms with Crippen molar-refractivity contribution in [1.82, 2.24) is 15.6 Å². The van der Waals surface area contributed by atoms with Gasteiger partial charge < -0.3 is 0 Å². The summed E-state index contributed by atoms with van der Waals surface area (Å²) in [5.74, 6) is 5.46. The molecule has 1 heterocycles. The quantitative estimate of drug-likeness (QED) is 0.309. The van der Waals surface area contributed by atoms with Gasteiger partial charge in [0.1, 0.15) is 0 Å². The lowest BCUT2D eigenvalue weighted by molar-refractivity contribution is 0.498. The number of hydrazine groups is 1. The van der Waals surface area contributed by atoms with Crippen molar-refractivity contribution in [2.24, 2.45) is 5.84 Å². The van der Waals surface area contributed by atoms with Crippen molar-refractivity contribution < 1.29 is 0 Å². The van der Waals surface area contributed by atoms with E-state index in [9.17, 15) is 0 Å². The number of allylic oxidation sites excluding steroid dienone is 1. The molecule has 0 bridgehead atoms. The molecule has 0 fully saturated rings. The fraction of sp³-hybridized carbons (Fsp3) is 0.400. The highest BCUT2D eigenvalue weighted by Crippen LogP contribution is 2.16. The van der Waals surface area contributed by atoms with Crippen LogP contribution in [0.4, 0.5) is 0 Å². The average molecular weight is 192 g/mol. The van der Waals surface area contributed by atoms with E-state index >= 15 is 0 Å². The van der Waals surface area contributed by atoms with Gasteiger partial charge in [-0.1, -0.05) is 6.08 Å². The first-order valence-corrected chi connectivity index (χ1v) is 4.72. The molecule has 0 saturated carbocycles. The predicted molar refractivity (Wildman–Crippen MR) is 56.1 cm³/mol. The van der Waals surface area contributed by atoms with E-state index in [1.54, 1.807) is 12.4 Å². The largest absolute Gasteiger partial charge is 0.271 e. The number of hydrogen-bond donors (Lipinski definition) is 2. The van der Waals surface area contributed by atoms with E-state index in [0.29, 0.717) is 0 Å². The maximum absolute atomic E-state index is 5.46. The molecule has 4 nitrogen and oxygen atoms in total. The first kappa shape index (κ1) is 10.8. The molecule has 3 N–H and O–H groups in total. The van der Waals surface area contributed by atoms with Crippen molar-refractivity contribution in [3.63, 3.8) is 0 Å². The second kappa shape index (κ2) is 6.23. The molecule has 14 heavy (non-hydrogen) atoms. The third kappa shape index (κ3) is 3.24. The van der Waals surface area contributed by atoms with Gasteiger partial charge in [0.15, 0.2) is 0 Å². The van der Waals surface area contributed by atoms with Crippen molar-refractivity contribution >= 4 is 0 Å². The van der Waals surface area contributed by atoms with Crippen LogP contribution < -0.4 is 11.3 Å². The van der Waals surface area contributed by atoms with Gasteiger partial charge in [-0.25, -0.2) is 0 Å². The smallest absolute Gasteiger partial charge is 0.0544 e. The van der Waals surface area contributed by atoms with E-state index in [0.717, 1.165) is 24.8 Å². The molecule has 1 rings (SSSR count). The Balaban J connectivity index is 2.50. The van der Waals surface area contributed by atoms with E-state index < -0.39 is 0 Å². The summed E-state index contributed by atoms with van der Waals surface area (Å²) >= 11 is 0. The van der Waals surface area contributed by atoms with Gasteiger partial charge in [-0.05, 0) is 30.9 Å². The van der Waals surface area contributed by atoms with Gasteiger partial charge in [-0.2, -0.15) is 10.2 Å². The second-order valence-corrected chi connectivity index (χ2v) is 3.11. The molecule has 0 spiro atoms. The molecular weight excluding hydrogens is 176 g/mol. The summed E-state index contributed by atoms with van der Waals surface area (Å²) in [5.41, 5.74) is 3.85. The Labute approximate surface area is 84.2 Å². The number of nitrogens with one attached hydrogen (secondary N) is 1. The minimum atomic E-state index is 0.158. The maximum Gasteiger partial charge on any atom is 0.0544 e. The summed E-state index contributed by atoms with van der Waals surface area (Å²) in [7, 11) is 0. The summed E-state index contributed by atoms with van der Waals surface area (Å²) in [5, 5.41) is 7.54. The molecule has 0 aliphatic rings. The summed E-state index contributed by atoms with van der Waals surface area (Å²) in [4.78, 5) is 0. The van der Waals surface area contributed by atoms with Crippen LogP contribution in [0.3, 0.4) is 0 Å². The van der Waals surface area contributed by atoms with Crippen LogP contribution >= 0.6 is 0 Å². The fourth-order valence-electron chi connectivity index (χ4n) is 1.32. The second-order valence-electron chi connectivity index (χ2n) is 3.11. The maximum atomic E-state index is 5.46. The Morgan fingerprint density at radius 3 is 3.00 bits per heavy atom. The highest BCUT2D eigenvalue weighted by Gasteiger charge is 2.08. The standard InChI is InChI=1S/C10H16N4/c1-2-3-4-5-10(14-11)9-6-7-12-13-8-9/h2,6-8,10,14H,1,3-5,11H2. The monoisotopic (exact) mass is 192 g/mol. The van der Waals surface area contributed by atoms with Crippen LogP contribution in [-0.4, -0.2) is 10.2 Å². The molecule has 1 aromatic rings. The van der Waals surface area contributed by atoms with Gasteiger partial charge in [0, 0.05) is 12.2 Å². The molecule has 1 atom stereocenters. The third-order valence-corrected chi connectivity index (χ3v) is 2.11. The highest BCUT2D eigenvalue weighted by molar-refractivity contribution is 5.10. The van der Waals surface area contributed by atoms with E-state index in [1.165, 1.54) is 0 Å². The van der Waals surface area contributed by atoms with Crippen molar-refractivity contribution in [2.75, 3.05) is 0 Å². The van der Waals surface area contributed by atoms with Gasteiger partial charge in [0.25, 0.3) is 0 Å². The number of nitrogens with two attached hydrogens (primary N) is 1. The van der Waals surface area contributed by atoms with Crippen molar-refractivity contribution in [3.05, 3.63) is 36.7 Å². The average Bonchev–Trinajstić information content (AvgIpc) is 2.26. The fourth-order valence-corrected chi connectivity index (χ4v) is 1.32. The molecule has 1 unspecified atom stereocenters. The molecule has 0 amide bonds. The molecule has 0 aliphatic carbocycles. The Morgan fingerprint density at radius 2 is 2.43 bits per heavy atom. The van der Waals surface area contributed by atoms with E-state index in [4.69, 9.17) is 5.84 Å². The number of hydrogen-bond acceptors (Lipinski definition) is 4. The third-order valence-electron chi connectivity index (χ3n) is 2.11. The first-order chi connectivity index (χ1) is 6.88. The first-order valence-electron chi connectivity index (χ1n) is 4.72. The van der Waals surface area contributed by atoms with E-state index in [1.807, 2.05) is 12.1 Å². The van der Waals surface area contributed by atoms with E-state index in [2.05, 4.69) is 22.2 Å². The molecular formula is C10H16N4. The Hall–Kier alpha value is -1.26. The lowest BCUT2D eigenvalue weighted by atomic mass is 10.0. The summed E-state index contributed by atoms with van der Waals surface area (Å²) in [6.07, 6.45) is 8.38. The van der Waals surface area contributed by atoms with Crippen LogP contribution in [0.1, 0.15) is 30.9 Å². The summed E-state index contributed by atoms with van der Waals surface area (Å²) < 4.78 is 0. The Kier molecular flexibility index (Phi) is 4.82. The van der Waals surface area contributed by atoms with Crippen LogP contribution in [0.15, 0.2) is 31.1 Å². The minimum Gasteiger partial charge on any atom is -0.271 e. The number of unbranched alkanes of at least 4 members (excludes halogenated alkanes) is 1. The summed E-state index contributed by atoms with van der Waals surface area (Å²) in [6.45, 7) is 3.68. The lowest BCUT2D eigenvalue weighted by Crippen LogP contribution is -2.28.